The Bertz CT molecular complexity index is 103. The van der Waals surface area contributed by atoms with Gasteiger partial charge in [-0.1, -0.05) is 0 Å². The minimum atomic E-state index is 0. The molecule has 0 saturated heterocycles. The number of rotatable bonds is 2. The second-order valence-corrected chi connectivity index (χ2v) is 1.37. The Hall–Kier alpha value is -1.04. The third-order valence-corrected chi connectivity index (χ3v) is 0.608. The zero-order valence-electron chi connectivity index (χ0n) is 6.49. The molecule has 0 radical (unpaired) electrons. The molecular weight excluding hydrogens is 143 g/mol. The van der Waals surface area contributed by atoms with Crippen molar-refractivity contribution in [2.75, 3.05) is 0 Å². The maximum atomic E-state index is 7.26. The van der Waals surface area contributed by atoms with Crippen molar-refractivity contribution < 1.29 is 11.0 Å². The van der Waals surface area contributed by atoms with Crippen molar-refractivity contribution in [1.29, 1.82) is 10.5 Å². The number of hydrogen-bond acceptors (Lipinski definition) is 4. The largest absolute Gasteiger partial charge is 0.870 e. The first-order chi connectivity index (χ1) is 4.33. The van der Waals surface area contributed by atoms with Crippen LogP contribution in [0.2, 0.25) is 6.32 Å². The van der Waals surface area contributed by atoms with Crippen LogP contribution in [0, 0.1) is 22.7 Å². The summed E-state index contributed by atoms with van der Waals surface area (Å²) < 4.78 is 0. The van der Waals surface area contributed by atoms with Crippen LogP contribution < -0.4 is 0 Å². The van der Waals surface area contributed by atoms with E-state index >= 15 is 0 Å². The molecule has 0 spiro atoms. The van der Waals surface area contributed by atoms with Crippen molar-refractivity contribution in [3.05, 3.63) is 0 Å². The predicted molar refractivity (Wildman–Crippen MR) is 40.6 cm³/mol. The van der Waals surface area contributed by atoms with Gasteiger partial charge in [0.05, 0.1) is 0 Å². The molecule has 0 aromatic heterocycles. The first-order valence-corrected chi connectivity index (χ1v) is 2.81. The molecule has 0 unspecified atom stereocenters. The number of nitriles is 2. The molecule has 0 bridgehead atoms. The Labute approximate surface area is 68.5 Å². The Balaban J connectivity index is -0.0000000383. The van der Waals surface area contributed by atoms with Gasteiger partial charge in [0.2, 0.25) is 0 Å². The van der Waals surface area contributed by atoms with E-state index in [4.69, 9.17) is 18.4 Å². The monoisotopic (exact) mass is 154 g/mol. The van der Waals surface area contributed by atoms with Crippen LogP contribution in [0.5, 0.6) is 0 Å². The van der Waals surface area contributed by atoms with E-state index in [1.165, 1.54) is 25.0 Å². The summed E-state index contributed by atoms with van der Waals surface area (Å²) in [6.45, 7) is 2.13. The summed E-state index contributed by atoms with van der Waals surface area (Å²) in [5.41, 5.74) is 0. The summed E-state index contributed by atoms with van der Waals surface area (Å²) in [5.74, 6) is 0. The van der Waals surface area contributed by atoms with Gasteiger partial charge in [0, 0.05) is 0 Å². The zero-order valence-corrected chi connectivity index (χ0v) is 6.49. The topological polar surface area (TPSA) is 108 Å². The molecule has 60 valence electrons. The second-order valence-electron chi connectivity index (χ2n) is 1.37. The van der Waals surface area contributed by atoms with Crippen molar-refractivity contribution in [2.45, 2.75) is 26.1 Å². The third kappa shape index (κ3) is 113. The van der Waals surface area contributed by atoms with E-state index in [0.717, 1.165) is 6.32 Å². The van der Waals surface area contributed by atoms with E-state index in [0.29, 0.717) is 0 Å². The van der Waals surface area contributed by atoms with Crippen molar-refractivity contribution in [3.8, 4) is 12.1 Å². The SMILES string of the molecule is N#CC#N.[B+2]CCCC.[OH-].[OH-]. The normalized spacial score (nSPS) is 4.82. The van der Waals surface area contributed by atoms with Gasteiger partial charge >= 0.3 is 33.9 Å². The Kier molecular flexibility index (Phi) is 74.0. The quantitative estimate of drug-likeness (QED) is 0.553. The van der Waals surface area contributed by atoms with Crippen molar-refractivity contribution in [3.63, 3.8) is 0 Å². The maximum absolute atomic E-state index is 7.26. The summed E-state index contributed by atoms with van der Waals surface area (Å²) >= 11 is 0. The summed E-state index contributed by atoms with van der Waals surface area (Å²) in [6.07, 6.45) is 3.23. The molecule has 11 heavy (non-hydrogen) atoms. The molecule has 0 atom stereocenters. The Morgan fingerprint density at radius 1 is 1.18 bits per heavy atom. The summed E-state index contributed by atoms with van der Waals surface area (Å²) in [5, 5.41) is 14.5. The van der Waals surface area contributed by atoms with Crippen LogP contribution in [0.15, 0.2) is 0 Å². The van der Waals surface area contributed by atoms with Gasteiger partial charge in [-0.05, 0) is 0 Å². The number of unbranched alkanes of at least 4 members (excludes halogenated alkanes) is 1. The summed E-state index contributed by atoms with van der Waals surface area (Å²) in [6, 6.07) is 2.47. The van der Waals surface area contributed by atoms with Gasteiger partial charge in [-0.15, -0.1) is 0 Å². The molecule has 0 rings (SSSR count). The van der Waals surface area contributed by atoms with E-state index in [-0.39, 0.29) is 11.0 Å². The Morgan fingerprint density at radius 2 is 1.55 bits per heavy atom. The molecule has 5 heteroatoms. The van der Waals surface area contributed by atoms with Crippen LogP contribution in [0.1, 0.15) is 19.8 Å². The van der Waals surface area contributed by atoms with Gasteiger partial charge in [-0.25, -0.2) is 0 Å². The van der Waals surface area contributed by atoms with Crippen LogP contribution in [-0.2, 0) is 0 Å². The molecule has 0 aliphatic heterocycles. The van der Waals surface area contributed by atoms with Crippen molar-refractivity contribution in [1.82, 2.24) is 0 Å². The standard InChI is InChI=1S/C4H9B.C2N2.2H2O/c1-2-3-4-5;3-1-2-4;;/h2-4H2,1H3;;2*1H2/q+2;;;/p-2. The van der Waals surface area contributed by atoms with E-state index < -0.39 is 0 Å². The molecule has 0 saturated carbocycles. The molecule has 0 fully saturated rings. The van der Waals surface area contributed by atoms with Crippen LogP contribution in [0.3, 0.4) is 0 Å². The minimum absolute atomic E-state index is 0. The molecule has 4 nitrogen and oxygen atoms in total. The predicted octanol–water partition coefficient (Wildman–Crippen LogP) is 1.05. The van der Waals surface area contributed by atoms with E-state index in [2.05, 4.69) is 6.92 Å². The molecule has 0 heterocycles. The minimum Gasteiger partial charge on any atom is -0.870 e. The smallest absolute Gasteiger partial charge is 0.870 e. The second kappa shape index (κ2) is 36.2. The average Bonchev–Trinajstić information content (AvgIpc) is 1.91. The van der Waals surface area contributed by atoms with Gasteiger partial charge < -0.3 is 11.0 Å². The van der Waals surface area contributed by atoms with E-state index in [1.54, 1.807) is 0 Å². The Morgan fingerprint density at radius 3 is 1.55 bits per heavy atom. The van der Waals surface area contributed by atoms with Crippen LogP contribution in [0.25, 0.3) is 0 Å². The van der Waals surface area contributed by atoms with Gasteiger partial charge in [0.25, 0.3) is 0 Å². The average molecular weight is 154 g/mol. The van der Waals surface area contributed by atoms with Crippen molar-refractivity contribution in [2.24, 2.45) is 0 Å². The van der Waals surface area contributed by atoms with Crippen molar-refractivity contribution >= 4 is 7.85 Å². The van der Waals surface area contributed by atoms with Crippen LogP contribution >= 0.6 is 0 Å². The zero-order chi connectivity index (χ0) is 7.54. The first kappa shape index (κ1) is 22.5. The number of nitrogens with zero attached hydrogens (tertiary/aromatic N) is 2. The summed E-state index contributed by atoms with van der Waals surface area (Å²) in [7, 11) is 5.14. The molecule has 2 N–H and O–H groups in total. The molecule has 0 aliphatic carbocycles. The van der Waals surface area contributed by atoms with Gasteiger partial charge in [-0.2, -0.15) is 10.5 Å². The fourth-order valence-corrected chi connectivity index (χ4v) is 0.204. The molecule has 0 aliphatic rings. The fourth-order valence-electron chi connectivity index (χ4n) is 0.204. The van der Waals surface area contributed by atoms with Crippen LogP contribution in [0.4, 0.5) is 0 Å². The van der Waals surface area contributed by atoms with Gasteiger partial charge in [0.1, 0.15) is 0 Å². The number of hydrogen-bond donors (Lipinski definition) is 0. The fraction of sp³-hybridized carbons (Fsp3) is 0.667. The molecular formula is C6H11BN2O2. The van der Waals surface area contributed by atoms with E-state index in [1.807, 2.05) is 0 Å². The third-order valence-electron chi connectivity index (χ3n) is 0.608. The van der Waals surface area contributed by atoms with Gasteiger partial charge in [-0.3, -0.25) is 0 Å². The molecule has 0 aromatic rings. The molecule has 0 amide bonds. The van der Waals surface area contributed by atoms with Gasteiger partial charge in [0.15, 0.2) is 12.1 Å². The van der Waals surface area contributed by atoms with Crippen LogP contribution in [-0.4, -0.2) is 18.8 Å². The first-order valence-electron chi connectivity index (χ1n) is 2.81. The maximum Gasteiger partial charge on any atom is -0.870 e. The summed E-state index contributed by atoms with van der Waals surface area (Å²) in [4.78, 5) is 0. The molecule has 0 aromatic carbocycles. The van der Waals surface area contributed by atoms with E-state index in [9.17, 15) is 0 Å².